The quantitative estimate of drug-likeness (QED) is 0.722. The molecule has 0 amide bonds. The second kappa shape index (κ2) is 8.51. The summed E-state index contributed by atoms with van der Waals surface area (Å²) < 4.78 is 41.2. The van der Waals surface area contributed by atoms with E-state index in [-0.39, 0.29) is 37.2 Å². The molecule has 3 nitrogen and oxygen atoms in total. The predicted molar refractivity (Wildman–Crippen MR) is 78.8 cm³/mol. The third-order valence-corrected chi connectivity index (χ3v) is 3.43. The number of alkyl halides is 3. The van der Waals surface area contributed by atoms with Crippen LogP contribution in [0.15, 0.2) is 18.2 Å². The number of hydrogen-bond acceptors (Lipinski definition) is 4. The normalized spacial score (nSPS) is 13.2. The van der Waals surface area contributed by atoms with Gasteiger partial charge >= 0.3 is 5.51 Å². The molecule has 21 heavy (non-hydrogen) atoms. The van der Waals surface area contributed by atoms with E-state index in [0.29, 0.717) is 5.75 Å². The van der Waals surface area contributed by atoms with Gasteiger partial charge in [0.2, 0.25) is 0 Å². The molecular weight excluding hydrogens is 303 g/mol. The third kappa shape index (κ3) is 8.18. The molecule has 0 fully saturated rings. The lowest BCUT2D eigenvalue weighted by Crippen LogP contribution is -2.33. The van der Waals surface area contributed by atoms with E-state index in [0.717, 1.165) is 11.1 Å². The molecule has 0 aliphatic rings. The Hall–Kier alpha value is -0.920. The number of halogens is 3. The molecule has 1 aromatic carbocycles. The van der Waals surface area contributed by atoms with Crippen molar-refractivity contribution in [2.45, 2.75) is 25.5 Å². The molecule has 1 rings (SSSR count). The van der Waals surface area contributed by atoms with E-state index in [1.165, 1.54) is 0 Å². The number of rotatable bonds is 8. The van der Waals surface area contributed by atoms with Gasteiger partial charge in [-0.05, 0) is 42.8 Å². The Labute approximate surface area is 126 Å². The van der Waals surface area contributed by atoms with E-state index in [1.54, 1.807) is 0 Å². The van der Waals surface area contributed by atoms with E-state index in [1.807, 2.05) is 32.0 Å². The number of aryl methyl sites for hydroxylation is 2. The zero-order chi connectivity index (χ0) is 15.9. The van der Waals surface area contributed by atoms with Crippen molar-refractivity contribution in [1.29, 1.82) is 0 Å². The van der Waals surface area contributed by atoms with E-state index >= 15 is 0 Å². The van der Waals surface area contributed by atoms with E-state index in [2.05, 4.69) is 5.32 Å². The molecule has 1 atom stereocenters. The Balaban J connectivity index is 2.19. The SMILES string of the molecule is Cc1ccc(C)c(OCC(O)CNCCSC(F)(F)F)c1. The fourth-order valence-electron chi connectivity index (χ4n) is 1.62. The van der Waals surface area contributed by atoms with Gasteiger partial charge in [-0.15, -0.1) is 0 Å². The standard InChI is InChI=1S/C14H20F3NO2S/c1-10-3-4-11(2)13(7-10)20-9-12(19)8-18-5-6-21-14(15,16)17/h3-4,7,12,18-19H,5-6,8-9H2,1-2H3. The molecule has 120 valence electrons. The number of benzene rings is 1. The molecular formula is C14H20F3NO2S. The van der Waals surface area contributed by atoms with Crippen LogP contribution in [-0.2, 0) is 0 Å². The third-order valence-electron chi connectivity index (χ3n) is 2.70. The minimum Gasteiger partial charge on any atom is -0.491 e. The van der Waals surface area contributed by atoms with Crippen molar-refractivity contribution in [3.05, 3.63) is 29.3 Å². The lowest BCUT2D eigenvalue weighted by Gasteiger charge is -2.15. The van der Waals surface area contributed by atoms with Crippen molar-refractivity contribution in [2.24, 2.45) is 0 Å². The van der Waals surface area contributed by atoms with E-state index < -0.39 is 11.6 Å². The van der Waals surface area contributed by atoms with Crippen LogP contribution >= 0.6 is 11.8 Å². The monoisotopic (exact) mass is 323 g/mol. The fourth-order valence-corrected chi connectivity index (χ4v) is 2.09. The van der Waals surface area contributed by atoms with Gasteiger partial charge in [-0.3, -0.25) is 0 Å². The summed E-state index contributed by atoms with van der Waals surface area (Å²) in [4.78, 5) is 0. The Bertz CT molecular complexity index is 441. The minimum absolute atomic E-state index is 0.0753. The molecule has 0 heterocycles. The van der Waals surface area contributed by atoms with Gasteiger partial charge in [0.15, 0.2) is 0 Å². The maximum atomic E-state index is 11.9. The predicted octanol–water partition coefficient (Wildman–Crippen LogP) is 2.89. The van der Waals surface area contributed by atoms with Gasteiger partial charge in [-0.2, -0.15) is 13.2 Å². The highest BCUT2D eigenvalue weighted by Crippen LogP contribution is 2.29. The number of thioether (sulfide) groups is 1. The summed E-state index contributed by atoms with van der Waals surface area (Å²) in [5.74, 6) is 0.635. The fraction of sp³-hybridized carbons (Fsp3) is 0.571. The van der Waals surface area contributed by atoms with Gasteiger partial charge in [-0.25, -0.2) is 0 Å². The summed E-state index contributed by atoms with van der Waals surface area (Å²) >= 11 is -0.0764. The van der Waals surface area contributed by atoms with Crippen molar-refractivity contribution >= 4 is 11.8 Å². The molecule has 0 aliphatic heterocycles. The summed E-state index contributed by atoms with van der Waals surface area (Å²) in [6.45, 7) is 4.34. The second-order valence-electron chi connectivity index (χ2n) is 4.73. The smallest absolute Gasteiger partial charge is 0.441 e. The molecule has 2 N–H and O–H groups in total. The van der Waals surface area contributed by atoms with E-state index in [9.17, 15) is 18.3 Å². The number of nitrogens with one attached hydrogen (secondary N) is 1. The highest BCUT2D eigenvalue weighted by atomic mass is 32.2. The maximum Gasteiger partial charge on any atom is 0.441 e. The van der Waals surface area contributed by atoms with Crippen molar-refractivity contribution in [3.63, 3.8) is 0 Å². The van der Waals surface area contributed by atoms with Gasteiger partial charge in [0, 0.05) is 18.8 Å². The topological polar surface area (TPSA) is 41.5 Å². The summed E-state index contributed by atoms with van der Waals surface area (Å²) in [6, 6.07) is 5.79. The van der Waals surface area contributed by atoms with Crippen LogP contribution in [0.4, 0.5) is 13.2 Å². The molecule has 0 radical (unpaired) electrons. The lowest BCUT2D eigenvalue weighted by molar-refractivity contribution is -0.0327. The first-order valence-corrected chi connectivity index (χ1v) is 7.56. The number of ether oxygens (including phenoxy) is 1. The zero-order valence-corrected chi connectivity index (χ0v) is 12.9. The first-order valence-electron chi connectivity index (χ1n) is 6.57. The van der Waals surface area contributed by atoms with Crippen LogP contribution in [0.5, 0.6) is 5.75 Å². The summed E-state index contributed by atoms with van der Waals surface area (Å²) in [5, 5.41) is 12.5. The summed E-state index contributed by atoms with van der Waals surface area (Å²) in [6.07, 6.45) is -0.763. The molecule has 0 aliphatic carbocycles. The first kappa shape index (κ1) is 18.1. The largest absolute Gasteiger partial charge is 0.491 e. The zero-order valence-electron chi connectivity index (χ0n) is 12.0. The Morgan fingerprint density at radius 2 is 2.05 bits per heavy atom. The highest BCUT2D eigenvalue weighted by Gasteiger charge is 2.27. The Morgan fingerprint density at radius 1 is 1.33 bits per heavy atom. The second-order valence-corrected chi connectivity index (χ2v) is 5.89. The Kier molecular flexibility index (Phi) is 7.34. The van der Waals surface area contributed by atoms with Crippen molar-refractivity contribution in [2.75, 3.05) is 25.4 Å². The molecule has 1 unspecified atom stereocenters. The molecule has 0 bridgehead atoms. The van der Waals surface area contributed by atoms with Crippen LogP contribution in [0.25, 0.3) is 0 Å². The average Bonchev–Trinajstić information content (AvgIpc) is 2.38. The molecule has 0 aromatic heterocycles. The van der Waals surface area contributed by atoms with Gasteiger partial charge in [0.05, 0.1) is 0 Å². The first-order chi connectivity index (χ1) is 9.78. The number of aliphatic hydroxyl groups excluding tert-OH is 1. The van der Waals surface area contributed by atoms with Crippen LogP contribution < -0.4 is 10.1 Å². The minimum atomic E-state index is -4.20. The molecule has 7 heteroatoms. The number of aliphatic hydroxyl groups is 1. The lowest BCUT2D eigenvalue weighted by atomic mass is 10.1. The summed E-state index contributed by atoms with van der Waals surface area (Å²) in [5.41, 5.74) is -2.17. The maximum absolute atomic E-state index is 11.9. The number of hydrogen-bond donors (Lipinski definition) is 2. The molecule has 0 saturated heterocycles. The van der Waals surface area contributed by atoms with E-state index in [4.69, 9.17) is 4.74 Å². The molecule has 1 aromatic rings. The van der Waals surface area contributed by atoms with Gasteiger partial charge < -0.3 is 15.2 Å². The van der Waals surface area contributed by atoms with Crippen LogP contribution in [0.3, 0.4) is 0 Å². The summed E-state index contributed by atoms with van der Waals surface area (Å²) in [7, 11) is 0. The highest BCUT2D eigenvalue weighted by molar-refractivity contribution is 8.00. The van der Waals surface area contributed by atoms with Crippen LogP contribution in [0.2, 0.25) is 0 Å². The average molecular weight is 323 g/mol. The van der Waals surface area contributed by atoms with Gasteiger partial charge in [0.1, 0.15) is 18.5 Å². The van der Waals surface area contributed by atoms with Crippen LogP contribution in [-0.4, -0.2) is 42.2 Å². The van der Waals surface area contributed by atoms with Gasteiger partial charge in [-0.1, -0.05) is 12.1 Å². The van der Waals surface area contributed by atoms with Crippen molar-refractivity contribution in [3.8, 4) is 5.75 Å². The van der Waals surface area contributed by atoms with Crippen LogP contribution in [0, 0.1) is 13.8 Å². The van der Waals surface area contributed by atoms with Gasteiger partial charge in [0.25, 0.3) is 0 Å². The Morgan fingerprint density at radius 3 is 2.71 bits per heavy atom. The molecule has 0 saturated carbocycles. The van der Waals surface area contributed by atoms with Crippen molar-refractivity contribution < 1.29 is 23.0 Å². The molecule has 0 spiro atoms. The van der Waals surface area contributed by atoms with Crippen molar-refractivity contribution in [1.82, 2.24) is 5.32 Å². The van der Waals surface area contributed by atoms with Crippen LogP contribution in [0.1, 0.15) is 11.1 Å².